The van der Waals surface area contributed by atoms with E-state index in [1.807, 2.05) is 36.4 Å². The lowest BCUT2D eigenvalue weighted by Gasteiger charge is -2.39. The zero-order chi connectivity index (χ0) is 16.2. The number of rotatable bonds is 4. The van der Waals surface area contributed by atoms with Crippen LogP contribution in [-0.2, 0) is 16.0 Å². The summed E-state index contributed by atoms with van der Waals surface area (Å²) in [6.07, 6.45) is 1.28. The molecule has 0 aliphatic carbocycles. The van der Waals surface area contributed by atoms with Gasteiger partial charge in [0.1, 0.15) is 5.75 Å². The van der Waals surface area contributed by atoms with Crippen LogP contribution in [0.1, 0.15) is 23.6 Å². The zero-order valence-electron chi connectivity index (χ0n) is 13.5. The predicted molar refractivity (Wildman–Crippen MR) is 89.9 cm³/mol. The molecule has 1 aliphatic heterocycles. The normalized spacial score (nSPS) is 16.6. The summed E-state index contributed by atoms with van der Waals surface area (Å²) >= 11 is 0. The summed E-state index contributed by atoms with van der Waals surface area (Å²) in [7, 11) is 3.11. The number of hydrogen-bond donors (Lipinski definition) is 0. The van der Waals surface area contributed by atoms with Crippen LogP contribution < -0.4 is 9.64 Å². The molecule has 1 aliphatic rings. The SMILES string of the molecule is COC(=O)C[C@@H]1c2ccccc2CCN1c1ccccc1OC. The van der Waals surface area contributed by atoms with Crippen molar-refractivity contribution in [2.45, 2.75) is 18.9 Å². The minimum absolute atomic E-state index is 0.0382. The molecule has 3 rings (SSSR count). The Labute approximate surface area is 136 Å². The van der Waals surface area contributed by atoms with Crippen molar-refractivity contribution in [2.24, 2.45) is 0 Å². The highest BCUT2D eigenvalue weighted by Crippen LogP contribution is 2.39. The molecule has 1 atom stereocenters. The first-order chi connectivity index (χ1) is 11.2. The molecule has 120 valence electrons. The Hall–Kier alpha value is -2.49. The first kappa shape index (κ1) is 15.4. The van der Waals surface area contributed by atoms with Crippen molar-refractivity contribution in [2.75, 3.05) is 25.7 Å². The Balaban J connectivity index is 2.03. The van der Waals surface area contributed by atoms with E-state index in [0.29, 0.717) is 6.42 Å². The Kier molecular flexibility index (Phi) is 4.51. The molecule has 4 heteroatoms. The van der Waals surface area contributed by atoms with Gasteiger partial charge in [-0.05, 0) is 29.7 Å². The van der Waals surface area contributed by atoms with Crippen LogP contribution in [0.2, 0.25) is 0 Å². The molecule has 0 radical (unpaired) electrons. The number of esters is 1. The second-order valence-electron chi connectivity index (χ2n) is 5.61. The van der Waals surface area contributed by atoms with E-state index in [2.05, 4.69) is 17.0 Å². The number of fused-ring (bicyclic) bond motifs is 1. The number of para-hydroxylation sites is 2. The lowest BCUT2D eigenvalue weighted by molar-refractivity contribution is -0.141. The Morgan fingerprint density at radius 2 is 1.87 bits per heavy atom. The molecular weight excluding hydrogens is 290 g/mol. The van der Waals surface area contributed by atoms with Crippen LogP contribution in [0.25, 0.3) is 0 Å². The largest absolute Gasteiger partial charge is 0.495 e. The van der Waals surface area contributed by atoms with Gasteiger partial charge in [0.25, 0.3) is 0 Å². The van der Waals surface area contributed by atoms with E-state index in [-0.39, 0.29) is 12.0 Å². The molecular formula is C19H21NO3. The molecule has 2 aromatic rings. The maximum Gasteiger partial charge on any atom is 0.307 e. The number of benzene rings is 2. The summed E-state index contributed by atoms with van der Waals surface area (Å²) in [6, 6.07) is 16.2. The van der Waals surface area contributed by atoms with Gasteiger partial charge < -0.3 is 14.4 Å². The summed E-state index contributed by atoms with van der Waals surface area (Å²) in [4.78, 5) is 14.2. The van der Waals surface area contributed by atoms with Crippen LogP contribution in [0.4, 0.5) is 5.69 Å². The van der Waals surface area contributed by atoms with Crippen molar-refractivity contribution in [3.8, 4) is 5.75 Å². The second kappa shape index (κ2) is 6.73. The lowest BCUT2D eigenvalue weighted by atomic mass is 9.90. The van der Waals surface area contributed by atoms with Crippen molar-refractivity contribution in [1.82, 2.24) is 0 Å². The predicted octanol–water partition coefficient (Wildman–Crippen LogP) is 3.36. The van der Waals surface area contributed by atoms with E-state index in [4.69, 9.17) is 9.47 Å². The average Bonchev–Trinajstić information content (AvgIpc) is 2.62. The third kappa shape index (κ3) is 3.02. The summed E-state index contributed by atoms with van der Waals surface area (Å²) in [5.74, 6) is 0.619. The third-order valence-corrected chi connectivity index (χ3v) is 4.39. The molecule has 0 spiro atoms. The molecule has 1 heterocycles. The first-order valence-corrected chi connectivity index (χ1v) is 7.79. The third-order valence-electron chi connectivity index (χ3n) is 4.39. The molecule has 2 aromatic carbocycles. The van der Waals surface area contributed by atoms with E-state index < -0.39 is 0 Å². The maximum atomic E-state index is 11.9. The molecule has 0 unspecified atom stereocenters. The first-order valence-electron chi connectivity index (χ1n) is 7.79. The lowest BCUT2D eigenvalue weighted by Crippen LogP contribution is -2.37. The summed E-state index contributed by atoms with van der Waals surface area (Å²) < 4.78 is 10.4. The van der Waals surface area contributed by atoms with E-state index in [1.165, 1.54) is 18.2 Å². The van der Waals surface area contributed by atoms with Crippen molar-refractivity contribution >= 4 is 11.7 Å². The molecule has 0 saturated heterocycles. The smallest absolute Gasteiger partial charge is 0.307 e. The standard InChI is InChI=1S/C19H21NO3/c1-22-18-10-6-5-9-16(18)20-12-11-14-7-3-4-8-15(14)17(20)13-19(21)23-2/h3-10,17H,11-13H2,1-2H3/t17-/m1/s1. The van der Waals surface area contributed by atoms with Crippen LogP contribution in [-0.4, -0.2) is 26.7 Å². The molecule has 0 fully saturated rings. The minimum atomic E-state index is -0.202. The second-order valence-corrected chi connectivity index (χ2v) is 5.61. The molecule has 0 N–H and O–H groups in total. The Morgan fingerprint density at radius 1 is 1.13 bits per heavy atom. The van der Waals surface area contributed by atoms with Gasteiger partial charge in [-0.2, -0.15) is 0 Å². The number of nitrogens with zero attached hydrogens (tertiary/aromatic N) is 1. The quantitative estimate of drug-likeness (QED) is 0.812. The number of hydrogen-bond acceptors (Lipinski definition) is 4. The van der Waals surface area contributed by atoms with Gasteiger partial charge in [-0.1, -0.05) is 36.4 Å². The fourth-order valence-corrected chi connectivity index (χ4v) is 3.27. The summed E-state index contributed by atoms with van der Waals surface area (Å²) in [5.41, 5.74) is 3.50. The highest BCUT2D eigenvalue weighted by molar-refractivity contribution is 5.72. The van der Waals surface area contributed by atoms with Gasteiger partial charge in [0.2, 0.25) is 0 Å². The Bertz CT molecular complexity index is 699. The maximum absolute atomic E-state index is 11.9. The summed E-state index contributed by atoms with van der Waals surface area (Å²) in [6.45, 7) is 0.846. The van der Waals surface area contributed by atoms with E-state index in [9.17, 15) is 4.79 Å². The fraction of sp³-hybridized carbons (Fsp3) is 0.316. The summed E-state index contributed by atoms with van der Waals surface area (Å²) in [5, 5.41) is 0. The number of carbonyl (C=O) groups is 1. The highest BCUT2D eigenvalue weighted by atomic mass is 16.5. The van der Waals surface area contributed by atoms with Crippen LogP contribution >= 0.6 is 0 Å². The van der Waals surface area contributed by atoms with E-state index in [0.717, 1.165) is 24.4 Å². The van der Waals surface area contributed by atoms with Crippen molar-refractivity contribution in [3.63, 3.8) is 0 Å². The van der Waals surface area contributed by atoms with Crippen LogP contribution in [0, 0.1) is 0 Å². The van der Waals surface area contributed by atoms with Gasteiger partial charge in [-0.3, -0.25) is 4.79 Å². The zero-order valence-corrected chi connectivity index (χ0v) is 13.5. The minimum Gasteiger partial charge on any atom is -0.495 e. The van der Waals surface area contributed by atoms with E-state index in [1.54, 1.807) is 7.11 Å². The number of anilines is 1. The van der Waals surface area contributed by atoms with E-state index >= 15 is 0 Å². The van der Waals surface area contributed by atoms with Gasteiger partial charge in [0.05, 0.1) is 32.4 Å². The molecule has 23 heavy (non-hydrogen) atoms. The molecule has 4 nitrogen and oxygen atoms in total. The van der Waals surface area contributed by atoms with Gasteiger partial charge in [0, 0.05) is 6.54 Å². The number of ether oxygens (including phenoxy) is 2. The average molecular weight is 311 g/mol. The van der Waals surface area contributed by atoms with Gasteiger partial charge >= 0.3 is 5.97 Å². The molecule has 0 aromatic heterocycles. The van der Waals surface area contributed by atoms with Gasteiger partial charge in [0.15, 0.2) is 0 Å². The molecule has 0 amide bonds. The van der Waals surface area contributed by atoms with Crippen molar-refractivity contribution in [1.29, 1.82) is 0 Å². The number of methoxy groups -OCH3 is 2. The molecule has 0 saturated carbocycles. The van der Waals surface area contributed by atoms with Crippen LogP contribution in [0.5, 0.6) is 5.75 Å². The highest BCUT2D eigenvalue weighted by Gasteiger charge is 2.30. The Morgan fingerprint density at radius 3 is 2.65 bits per heavy atom. The number of carbonyl (C=O) groups excluding carboxylic acids is 1. The fourth-order valence-electron chi connectivity index (χ4n) is 3.27. The van der Waals surface area contributed by atoms with Gasteiger partial charge in [-0.15, -0.1) is 0 Å². The van der Waals surface area contributed by atoms with Crippen LogP contribution in [0.3, 0.4) is 0 Å². The van der Waals surface area contributed by atoms with Crippen molar-refractivity contribution in [3.05, 3.63) is 59.7 Å². The van der Waals surface area contributed by atoms with Crippen LogP contribution in [0.15, 0.2) is 48.5 Å². The van der Waals surface area contributed by atoms with Crippen molar-refractivity contribution < 1.29 is 14.3 Å². The topological polar surface area (TPSA) is 38.8 Å². The van der Waals surface area contributed by atoms with Gasteiger partial charge in [-0.25, -0.2) is 0 Å². The monoisotopic (exact) mass is 311 g/mol. The molecule has 0 bridgehead atoms.